The van der Waals surface area contributed by atoms with Crippen molar-refractivity contribution in [2.45, 2.75) is 83.1 Å². The Morgan fingerprint density at radius 1 is 0.862 bits per heavy atom. The largest absolute Gasteiger partial charge is 0.423 e. The molecule has 1 aliphatic rings. The molecule has 0 bridgehead atoms. The number of halogens is 7. The summed E-state index contributed by atoms with van der Waals surface area (Å²) in [6.07, 6.45) is -10.7. The molecule has 1 aliphatic heterocycles. The molecular weight excluding hydrogens is 429 g/mol. The third-order valence-electron chi connectivity index (χ3n) is 4.60. The van der Waals surface area contributed by atoms with Crippen LogP contribution >= 0.6 is 0 Å². The fraction of sp³-hybridized carbons (Fsp3) is 1.00. The minimum Gasteiger partial charge on any atom is -0.393 e. The minimum absolute atomic E-state index is 0.119. The van der Waals surface area contributed by atoms with Crippen LogP contribution in [0.3, 0.4) is 0 Å². The average molecular weight is 461 g/mol. The predicted molar refractivity (Wildman–Crippen MR) is 95.3 cm³/mol. The second-order valence-electron chi connectivity index (χ2n) is 6.35. The smallest absolute Gasteiger partial charge is 0.393 e. The van der Waals surface area contributed by atoms with Gasteiger partial charge in [0.1, 0.15) is 5.22 Å². The highest BCUT2D eigenvalue weighted by molar-refractivity contribution is 6.70. The van der Waals surface area contributed by atoms with Crippen LogP contribution in [-0.2, 0) is 18.3 Å². The van der Waals surface area contributed by atoms with Crippen LogP contribution in [0.4, 0.5) is 30.7 Å². The first kappa shape index (κ1) is 28.6. The zero-order valence-electron chi connectivity index (χ0n) is 17.2. The monoisotopic (exact) mass is 460 g/mol. The van der Waals surface area contributed by atoms with Crippen molar-refractivity contribution in [3.63, 3.8) is 0 Å². The summed E-state index contributed by atoms with van der Waals surface area (Å²) in [5.41, 5.74) is 0. The van der Waals surface area contributed by atoms with E-state index in [1.807, 2.05) is 0 Å². The summed E-state index contributed by atoms with van der Waals surface area (Å²) < 4.78 is 101. The Labute approximate surface area is 168 Å². The van der Waals surface area contributed by atoms with Crippen molar-refractivity contribution < 1.29 is 49.1 Å². The summed E-state index contributed by atoms with van der Waals surface area (Å²) >= 11 is 0. The molecule has 0 radical (unpaired) electrons. The molecule has 0 amide bonds. The van der Waals surface area contributed by atoms with E-state index in [-0.39, 0.29) is 5.22 Å². The van der Waals surface area contributed by atoms with Gasteiger partial charge in [-0.3, -0.25) is 0 Å². The van der Waals surface area contributed by atoms with Crippen molar-refractivity contribution in [1.82, 2.24) is 0 Å². The molecule has 0 spiro atoms. The zero-order chi connectivity index (χ0) is 22.8. The summed E-state index contributed by atoms with van der Waals surface area (Å²) in [5.74, 6) is 0. The van der Waals surface area contributed by atoms with Crippen molar-refractivity contribution >= 4 is 8.56 Å². The first-order valence-corrected chi connectivity index (χ1v) is 11.6. The van der Waals surface area contributed by atoms with Crippen molar-refractivity contribution in [3.05, 3.63) is 0 Å². The van der Waals surface area contributed by atoms with Gasteiger partial charge in [0.15, 0.2) is 6.86 Å². The van der Waals surface area contributed by atoms with Crippen LogP contribution in [0.15, 0.2) is 0 Å². The van der Waals surface area contributed by atoms with E-state index in [0.29, 0.717) is 0 Å². The molecule has 12 heteroatoms. The van der Waals surface area contributed by atoms with Gasteiger partial charge >= 0.3 is 20.9 Å². The second kappa shape index (κ2) is 12.4. The highest BCUT2D eigenvalue weighted by atomic mass is 28.4. The maximum Gasteiger partial charge on any atom is 0.423 e. The fourth-order valence-corrected chi connectivity index (χ4v) is 8.01. The molecule has 0 saturated carbocycles. The molecule has 29 heavy (non-hydrogen) atoms. The van der Waals surface area contributed by atoms with Gasteiger partial charge in [0.2, 0.25) is 0 Å². The van der Waals surface area contributed by atoms with E-state index in [2.05, 4.69) is 32.4 Å². The van der Waals surface area contributed by atoms with Crippen LogP contribution in [0.25, 0.3) is 0 Å². The fourth-order valence-electron chi connectivity index (χ4n) is 3.55. The van der Waals surface area contributed by atoms with Gasteiger partial charge in [0.05, 0.1) is 0 Å². The summed E-state index contributed by atoms with van der Waals surface area (Å²) in [6.45, 7) is 8.50. The van der Waals surface area contributed by atoms with Crippen molar-refractivity contribution in [2.75, 3.05) is 26.7 Å². The van der Waals surface area contributed by atoms with E-state index in [4.69, 9.17) is 13.6 Å². The summed E-state index contributed by atoms with van der Waals surface area (Å²) in [5, 5.41) is -0.119. The Morgan fingerprint density at radius 3 is 1.69 bits per heavy atom. The molecule has 1 saturated heterocycles. The maximum absolute atomic E-state index is 11.4. The van der Waals surface area contributed by atoms with Crippen molar-refractivity contribution in [2.24, 2.45) is 0 Å². The van der Waals surface area contributed by atoms with Gasteiger partial charge in [-0.1, -0.05) is 19.8 Å². The molecule has 1 atom stereocenters. The number of alkyl halides is 7. The Bertz CT molecular complexity index is 419. The third kappa shape index (κ3) is 7.96. The maximum atomic E-state index is 11.4. The molecule has 0 aliphatic carbocycles. The van der Waals surface area contributed by atoms with Crippen LogP contribution in [0.1, 0.15) is 53.4 Å². The van der Waals surface area contributed by atoms with Gasteiger partial charge in [-0.2, -0.15) is 26.3 Å². The molecule has 1 rings (SSSR count). The molecule has 1 heterocycles. The van der Waals surface area contributed by atoms with E-state index in [1.54, 1.807) is 0 Å². The van der Waals surface area contributed by atoms with E-state index >= 15 is 0 Å². The van der Waals surface area contributed by atoms with E-state index < -0.39 is 33.9 Å². The zero-order valence-corrected chi connectivity index (χ0v) is 18.2. The number of hydrogen-bond donors (Lipinski definition) is 0. The molecule has 1 fully saturated rings. The lowest BCUT2D eigenvalue weighted by Crippen LogP contribution is -2.65. The van der Waals surface area contributed by atoms with Gasteiger partial charge in [-0.25, -0.2) is 4.39 Å². The van der Waals surface area contributed by atoms with E-state index in [0.717, 1.165) is 38.7 Å². The molecular formula is C17H31F7O4Si. The Morgan fingerprint density at radius 2 is 1.38 bits per heavy atom. The molecule has 4 nitrogen and oxygen atoms in total. The lowest BCUT2D eigenvalue weighted by molar-refractivity contribution is -0.327. The molecule has 0 aromatic rings. The standard InChI is InChI=1S/C13H28O3Si.C4H3F7O/c1-5-13(14-6-2)11-9-10-12-17(13,15-7-3)16-8-4;5-1-12-2(3(6,7)8)4(9,10)11/h5-12H2,1-4H3;2H,1H2. The second-order valence-corrected chi connectivity index (χ2v) is 9.84. The van der Waals surface area contributed by atoms with Gasteiger partial charge in [-0.15, -0.1) is 0 Å². The predicted octanol–water partition coefficient (Wildman–Crippen LogP) is 5.83. The topological polar surface area (TPSA) is 36.9 Å². The number of rotatable bonds is 9. The number of hydrogen-bond acceptors (Lipinski definition) is 4. The Hall–Kier alpha value is -0.433. The van der Waals surface area contributed by atoms with E-state index in [1.165, 1.54) is 12.8 Å². The lowest BCUT2D eigenvalue weighted by Gasteiger charge is -2.49. The van der Waals surface area contributed by atoms with Gasteiger partial charge in [-0.05, 0) is 39.7 Å². The first-order chi connectivity index (χ1) is 13.4. The Balaban J connectivity index is 0.000000578. The molecule has 0 aromatic heterocycles. The summed E-state index contributed by atoms with van der Waals surface area (Å²) in [7, 11) is -2.21. The van der Waals surface area contributed by atoms with Crippen LogP contribution in [-0.4, -0.2) is 58.9 Å². The minimum atomic E-state index is -5.63. The quantitative estimate of drug-likeness (QED) is 0.320. The normalized spacial score (nSPS) is 22.3. The van der Waals surface area contributed by atoms with Gasteiger partial charge in [0.25, 0.3) is 6.10 Å². The molecule has 0 N–H and O–H groups in total. The van der Waals surface area contributed by atoms with Crippen LogP contribution in [0.2, 0.25) is 6.04 Å². The average Bonchev–Trinajstić information content (AvgIpc) is 2.61. The third-order valence-corrected chi connectivity index (χ3v) is 9.26. The van der Waals surface area contributed by atoms with Crippen LogP contribution in [0.5, 0.6) is 0 Å². The van der Waals surface area contributed by atoms with Crippen LogP contribution < -0.4 is 0 Å². The van der Waals surface area contributed by atoms with Gasteiger partial charge in [0, 0.05) is 19.8 Å². The van der Waals surface area contributed by atoms with Crippen molar-refractivity contribution in [3.8, 4) is 0 Å². The highest BCUT2D eigenvalue weighted by Gasteiger charge is 2.59. The molecule has 1 unspecified atom stereocenters. The molecule has 0 aromatic carbocycles. The van der Waals surface area contributed by atoms with Gasteiger partial charge < -0.3 is 18.3 Å². The van der Waals surface area contributed by atoms with Crippen LogP contribution in [0, 0.1) is 0 Å². The first-order valence-electron chi connectivity index (χ1n) is 9.62. The highest BCUT2D eigenvalue weighted by Crippen LogP contribution is 2.43. The lowest BCUT2D eigenvalue weighted by atomic mass is 10.1. The van der Waals surface area contributed by atoms with E-state index in [9.17, 15) is 30.7 Å². The molecule has 176 valence electrons. The number of ether oxygens (including phenoxy) is 2. The van der Waals surface area contributed by atoms with Crippen molar-refractivity contribution in [1.29, 1.82) is 0 Å². The summed E-state index contributed by atoms with van der Waals surface area (Å²) in [6, 6.07) is 1.09. The Kier molecular flexibility index (Phi) is 12.2. The SMILES string of the molecule is CCOC1(CC)CCCC[Si]1(OCC)OCC.FCOC(C(F)(F)F)C(F)(F)F. The summed E-state index contributed by atoms with van der Waals surface area (Å²) in [4.78, 5) is 0.